The summed E-state index contributed by atoms with van der Waals surface area (Å²) in [6, 6.07) is 21.8. The van der Waals surface area contributed by atoms with Gasteiger partial charge in [-0.3, -0.25) is 4.98 Å². The average molecular weight is 514 g/mol. The van der Waals surface area contributed by atoms with E-state index in [1.807, 2.05) is 0 Å². The van der Waals surface area contributed by atoms with E-state index in [4.69, 9.17) is 11.6 Å². The highest BCUT2D eigenvalue weighted by Gasteiger charge is 2.41. The number of nitrogens with zero attached hydrogens (tertiary/aromatic N) is 1. The van der Waals surface area contributed by atoms with E-state index >= 15 is 0 Å². The maximum absolute atomic E-state index is 14.6. The van der Waals surface area contributed by atoms with Gasteiger partial charge < -0.3 is 10.6 Å². The van der Waals surface area contributed by atoms with E-state index in [1.54, 1.807) is 60.7 Å². The fourth-order valence-corrected chi connectivity index (χ4v) is 4.04. The van der Waals surface area contributed by atoms with Crippen LogP contribution in [0.15, 0.2) is 97.2 Å². The van der Waals surface area contributed by atoms with Crippen molar-refractivity contribution in [3.05, 3.63) is 130 Å². The Hall–Kier alpha value is -3.91. The van der Waals surface area contributed by atoms with Gasteiger partial charge in [0.25, 0.3) is 0 Å². The Labute approximate surface area is 210 Å². The summed E-state index contributed by atoms with van der Waals surface area (Å²) in [6.45, 7) is 0. The van der Waals surface area contributed by atoms with Crippen LogP contribution in [0.5, 0.6) is 0 Å². The molecule has 0 spiro atoms. The van der Waals surface area contributed by atoms with Crippen LogP contribution >= 0.6 is 11.6 Å². The third kappa shape index (κ3) is 5.83. The molecule has 4 nitrogen and oxygen atoms in total. The Balaban J connectivity index is 1.91. The fraction of sp³-hybridized carbons (Fsp3) is 0.111. The number of halogens is 5. The third-order valence-corrected chi connectivity index (χ3v) is 5.78. The number of benzene rings is 3. The molecule has 1 heterocycles. The number of urea groups is 1. The molecule has 1 unspecified atom stereocenters. The zero-order valence-electron chi connectivity index (χ0n) is 18.7. The van der Waals surface area contributed by atoms with Crippen molar-refractivity contribution in [2.45, 2.75) is 18.1 Å². The van der Waals surface area contributed by atoms with Crippen LogP contribution in [0.3, 0.4) is 0 Å². The molecule has 0 aliphatic carbocycles. The molecule has 0 saturated heterocycles. The maximum atomic E-state index is 14.6. The number of hydrogen-bond donors (Lipinski definition) is 2. The molecule has 36 heavy (non-hydrogen) atoms. The van der Waals surface area contributed by atoms with E-state index in [9.17, 15) is 22.4 Å². The number of carbonyl (C=O) groups is 1. The monoisotopic (exact) mass is 513 g/mol. The van der Waals surface area contributed by atoms with E-state index in [1.165, 1.54) is 18.3 Å². The van der Waals surface area contributed by atoms with Crippen molar-refractivity contribution >= 4 is 23.3 Å². The normalized spacial score (nSPS) is 13.0. The van der Waals surface area contributed by atoms with E-state index < -0.39 is 29.1 Å². The summed E-state index contributed by atoms with van der Waals surface area (Å²) < 4.78 is 55.6. The zero-order valence-corrected chi connectivity index (χ0v) is 19.4. The predicted molar refractivity (Wildman–Crippen MR) is 130 cm³/mol. The number of aromatic nitrogens is 1. The van der Waals surface area contributed by atoms with Crippen LogP contribution < -0.4 is 10.6 Å². The van der Waals surface area contributed by atoms with E-state index in [0.717, 1.165) is 12.1 Å². The molecule has 0 aliphatic rings. The van der Waals surface area contributed by atoms with Crippen LogP contribution in [0.25, 0.3) is 0 Å². The van der Waals surface area contributed by atoms with Crippen molar-refractivity contribution in [1.29, 1.82) is 0 Å². The lowest BCUT2D eigenvalue weighted by atomic mass is 9.79. The minimum atomic E-state index is -4.81. The van der Waals surface area contributed by atoms with Crippen LogP contribution in [0.1, 0.15) is 22.4 Å². The molecular weight excluding hydrogens is 494 g/mol. The number of alkyl halides is 3. The third-order valence-electron chi connectivity index (χ3n) is 5.55. The fourth-order valence-electron chi connectivity index (χ4n) is 3.93. The number of rotatable bonds is 6. The Morgan fingerprint density at radius 3 is 2.11 bits per heavy atom. The zero-order chi connectivity index (χ0) is 25.8. The van der Waals surface area contributed by atoms with Crippen molar-refractivity contribution in [2.24, 2.45) is 0 Å². The molecule has 0 bridgehead atoms. The highest BCUT2D eigenvalue weighted by molar-refractivity contribution is 6.30. The van der Waals surface area contributed by atoms with Gasteiger partial charge in [0.15, 0.2) is 0 Å². The molecular formula is C27H20ClF4N3O. The van der Waals surface area contributed by atoms with Gasteiger partial charge in [-0.05, 0) is 53.6 Å². The van der Waals surface area contributed by atoms with Crippen molar-refractivity contribution < 1.29 is 22.4 Å². The Morgan fingerprint density at radius 1 is 0.861 bits per heavy atom. The Kier molecular flexibility index (Phi) is 7.26. The first-order valence-electron chi connectivity index (χ1n) is 10.8. The lowest BCUT2D eigenvalue weighted by Gasteiger charge is -2.36. The number of carbonyl (C=O) groups excluding carboxylic acids is 1. The number of anilines is 1. The van der Waals surface area contributed by atoms with Gasteiger partial charge in [-0.25, -0.2) is 9.18 Å². The van der Waals surface area contributed by atoms with E-state index in [2.05, 4.69) is 15.6 Å². The molecule has 3 aromatic carbocycles. The van der Waals surface area contributed by atoms with Crippen LogP contribution in [-0.2, 0) is 18.1 Å². The number of hydrogen-bond acceptors (Lipinski definition) is 2. The Bertz CT molecular complexity index is 1330. The average Bonchev–Trinajstić information content (AvgIpc) is 2.84. The van der Waals surface area contributed by atoms with E-state index in [-0.39, 0.29) is 22.7 Å². The Morgan fingerprint density at radius 2 is 1.50 bits per heavy atom. The molecule has 4 rings (SSSR count). The van der Waals surface area contributed by atoms with E-state index in [0.29, 0.717) is 17.3 Å². The second kappa shape index (κ2) is 10.4. The van der Waals surface area contributed by atoms with Crippen molar-refractivity contribution in [2.75, 3.05) is 5.32 Å². The summed E-state index contributed by atoms with van der Waals surface area (Å²) in [5, 5.41) is 5.76. The van der Waals surface area contributed by atoms with Gasteiger partial charge in [-0.1, -0.05) is 60.1 Å². The minimum absolute atomic E-state index is 0.0224. The lowest BCUT2D eigenvalue weighted by Crippen LogP contribution is -2.50. The molecule has 1 aromatic heterocycles. The molecule has 2 N–H and O–H groups in total. The first-order valence-corrected chi connectivity index (χ1v) is 11.2. The standard InChI is InChI=1S/C27H20ClF4N3O/c28-21-11-12-24(33-17-21)26(16-18-7-3-1-4-8-18,35-25(36)34-23-9-5-2-6-10-23)19-13-20(27(30,31)32)15-22(29)14-19/h1-15,17H,16H2,(H2,34,35,36). The molecule has 1 atom stereocenters. The molecule has 4 aromatic rings. The van der Waals surface area contributed by atoms with Crippen LogP contribution in [0, 0.1) is 5.82 Å². The van der Waals surface area contributed by atoms with Crippen molar-refractivity contribution in [3.8, 4) is 0 Å². The quantitative estimate of drug-likeness (QED) is 0.268. The summed E-state index contributed by atoms with van der Waals surface area (Å²) >= 11 is 6.02. The van der Waals surface area contributed by atoms with Crippen LogP contribution in [-0.4, -0.2) is 11.0 Å². The highest BCUT2D eigenvalue weighted by atomic mass is 35.5. The van der Waals surface area contributed by atoms with Crippen molar-refractivity contribution in [3.63, 3.8) is 0 Å². The van der Waals surface area contributed by atoms with Crippen molar-refractivity contribution in [1.82, 2.24) is 10.3 Å². The highest BCUT2D eigenvalue weighted by Crippen LogP contribution is 2.38. The summed E-state index contributed by atoms with van der Waals surface area (Å²) in [7, 11) is 0. The summed E-state index contributed by atoms with van der Waals surface area (Å²) in [4.78, 5) is 17.5. The first-order chi connectivity index (χ1) is 17.2. The van der Waals surface area contributed by atoms with Gasteiger partial charge in [0, 0.05) is 18.3 Å². The summed E-state index contributed by atoms with van der Waals surface area (Å²) in [6.07, 6.45) is -3.52. The van der Waals surface area contributed by atoms with Crippen LogP contribution in [0.4, 0.5) is 28.0 Å². The van der Waals surface area contributed by atoms with Gasteiger partial charge >= 0.3 is 12.2 Å². The smallest absolute Gasteiger partial charge is 0.322 e. The van der Waals surface area contributed by atoms with Gasteiger partial charge in [0.1, 0.15) is 11.4 Å². The molecule has 0 radical (unpaired) electrons. The minimum Gasteiger partial charge on any atom is -0.322 e. The number of para-hydroxylation sites is 1. The largest absolute Gasteiger partial charge is 0.416 e. The molecule has 184 valence electrons. The first kappa shape index (κ1) is 25.2. The molecule has 2 amide bonds. The summed E-state index contributed by atoms with van der Waals surface area (Å²) in [5.41, 5.74) is -1.69. The van der Waals surface area contributed by atoms with Gasteiger partial charge in [-0.2, -0.15) is 13.2 Å². The second-order valence-corrected chi connectivity index (χ2v) is 8.54. The topological polar surface area (TPSA) is 54.0 Å². The molecule has 9 heteroatoms. The summed E-state index contributed by atoms with van der Waals surface area (Å²) in [5.74, 6) is -1.10. The van der Waals surface area contributed by atoms with Gasteiger partial charge in [-0.15, -0.1) is 0 Å². The van der Waals surface area contributed by atoms with Gasteiger partial charge in [0.2, 0.25) is 0 Å². The number of amides is 2. The molecule has 0 aliphatic heterocycles. The number of nitrogens with one attached hydrogen (secondary N) is 2. The van der Waals surface area contributed by atoms with Gasteiger partial charge in [0.05, 0.1) is 16.3 Å². The molecule has 0 saturated carbocycles. The molecule has 0 fully saturated rings. The van der Waals surface area contributed by atoms with Crippen LogP contribution in [0.2, 0.25) is 5.02 Å². The second-order valence-electron chi connectivity index (χ2n) is 8.10. The lowest BCUT2D eigenvalue weighted by molar-refractivity contribution is -0.137. The number of pyridine rings is 1. The SMILES string of the molecule is O=C(Nc1ccccc1)NC(Cc1ccccc1)(c1cc(F)cc(C(F)(F)F)c1)c1ccc(Cl)cn1. The maximum Gasteiger partial charge on any atom is 0.416 e. The predicted octanol–water partition coefficient (Wildman–Crippen LogP) is 7.20.